The number of ether oxygens (including phenoxy) is 1. The fourth-order valence-electron chi connectivity index (χ4n) is 2.67. The summed E-state index contributed by atoms with van der Waals surface area (Å²) in [6.07, 6.45) is 1.66. The number of para-hydroxylation sites is 2. The molecule has 0 atom stereocenters. The number of benzene rings is 3. The van der Waals surface area contributed by atoms with Gasteiger partial charge in [0.2, 0.25) is 11.8 Å². The Hall–Kier alpha value is -3.93. The predicted molar refractivity (Wildman–Crippen MR) is 118 cm³/mol. The summed E-state index contributed by atoms with van der Waals surface area (Å²) in [5.74, 6) is 0.866. The molecule has 0 heterocycles. The Bertz CT molecular complexity index is 1030. The lowest BCUT2D eigenvalue weighted by Gasteiger charge is -2.07. The quantitative estimate of drug-likeness (QED) is 0.426. The van der Waals surface area contributed by atoms with E-state index in [1.807, 2.05) is 85.8 Å². The van der Waals surface area contributed by atoms with Crippen molar-refractivity contribution in [2.45, 2.75) is 19.8 Å². The molecule has 30 heavy (non-hydrogen) atoms. The first-order chi connectivity index (χ1) is 14.6. The summed E-state index contributed by atoms with van der Waals surface area (Å²) in [7, 11) is 0. The van der Waals surface area contributed by atoms with Crippen molar-refractivity contribution in [3.8, 4) is 11.5 Å². The molecule has 3 aromatic carbocycles. The molecule has 152 valence electrons. The maximum Gasteiger partial charge on any atom is 0.240 e. The van der Waals surface area contributed by atoms with Crippen LogP contribution in [0.1, 0.15) is 24.0 Å². The lowest BCUT2D eigenvalue weighted by atomic mass is 10.2. The zero-order valence-corrected chi connectivity index (χ0v) is 16.7. The van der Waals surface area contributed by atoms with Crippen LogP contribution in [0.15, 0.2) is 84.0 Å². The van der Waals surface area contributed by atoms with Crippen molar-refractivity contribution < 1.29 is 14.3 Å². The van der Waals surface area contributed by atoms with Crippen molar-refractivity contribution in [1.29, 1.82) is 0 Å². The molecular formula is C24H23N3O3. The van der Waals surface area contributed by atoms with Crippen molar-refractivity contribution >= 4 is 23.7 Å². The number of hydrogen-bond acceptors (Lipinski definition) is 4. The summed E-state index contributed by atoms with van der Waals surface area (Å²) in [6, 6.07) is 24.3. The summed E-state index contributed by atoms with van der Waals surface area (Å²) in [5, 5.41) is 6.76. The van der Waals surface area contributed by atoms with Crippen LogP contribution in [0.25, 0.3) is 0 Å². The number of hydrogen-bond donors (Lipinski definition) is 2. The summed E-state index contributed by atoms with van der Waals surface area (Å²) < 4.78 is 5.78. The average Bonchev–Trinajstić information content (AvgIpc) is 2.75. The molecule has 0 aliphatic heterocycles. The van der Waals surface area contributed by atoms with Gasteiger partial charge in [-0.15, -0.1) is 0 Å². The van der Waals surface area contributed by atoms with Gasteiger partial charge in [-0.2, -0.15) is 5.10 Å². The van der Waals surface area contributed by atoms with Gasteiger partial charge in [0.15, 0.2) is 0 Å². The van der Waals surface area contributed by atoms with Crippen LogP contribution in [-0.2, 0) is 9.59 Å². The van der Waals surface area contributed by atoms with Crippen LogP contribution < -0.4 is 15.5 Å². The van der Waals surface area contributed by atoms with Gasteiger partial charge in [0.1, 0.15) is 11.5 Å². The van der Waals surface area contributed by atoms with Crippen LogP contribution in [-0.4, -0.2) is 18.0 Å². The highest BCUT2D eigenvalue weighted by Crippen LogP contribution is 2.21. The van der Waals surface area contributed by atoms with E-state index in [2.05, 4.69) is 15.8 Å². The highest BCUT2D eigenvalue weighted by Gasteiger charge is 2.07. The van der Waals surface area contributed by atoms with E-state index in [1.54, 1.807) is 0 Å². The molecule has 0 aliphatic carbocycles. The Morgan fingerprint density at radius 3 is 2.37 bits per heavy atom. The van der Waals surface area contributed by atoms with Crippen LogP contribution in [0.2, 0.25) is 0 Å². The minimum absolute atomic E-state index is 0.0478. The molecule has 0 fully saturated rings. The van der Waals surface area contributed by atoms with Gasteiger partial charge in [0.25, 0.3) is 0 Å². The van der Waals surface area contributed by atoms with Crippen LogP contribution in [0, 0.1) is 6.92 Å². The van der Waals surface area contributed by atoms with Gasteiger partial charge in [0.05, 0.1) is 6.21 Å². The standard InChI is InChI=1S/C24H23N3O3/c1-18-8-5-6-13-22(18)26-23(28)14-15-24(29)27-25-17-19-9-7-12-21(16-19)30-20-10-3-2-4-11-20/h2-13,16-17H,14-15H2,1H3,(H,26,28)(H,27,29). The third-order valence-electron chi connectivity index (χ3n) is 4.24. The molecule has 0 saturated carbocycles. The first kappa shape index (κ1) is 20.8. The van der Waals surface area contributed by atoms with E-state index in [-0.39, 0.29) is 24.7 Å². The second kappa shape index (κ2) is 10.6. The fourth-order valence-corrected chi connectivity index (χ4v) is 2.67. The minimum atomic E-state index is -0.331. The van der Waals surface area contributed by atoms with E-state index in [9.17, 15) is 9.59 Å². The lowest BCUT2D eigenvalue weighted by molar-refractivity contribution is -0.124. The number of aryl methyl sites for hydroxylation is 1. The smallest absolute Gasteiger partial charge is 0.240 e. The number of amides is 2. The van der Waals surface area contributed by atoms with Crippen molar-refractivity contribution in [3.63, 3.8) is 0 Å². The Morgan fingerprint density at radius 1 is 0.867 bits per heavy atom. The molecule has 6 heteroatoms. The zero-order chi connectivity index (χ0) is 21.2. The molecule has 0 unspecified atom stereocenters. The van der Waals surface area contributed by atoms with Gasteiger partial charge in [-0.25, -0.2) is 5.43 Å². The molecule has 0 spiro atoms. The predicted octanol–water partition coefficient (Wildman–Crippen LogP) is 4.66. The van der Waals surface area contributed by atoms with Gasteiger partial charge in [-0.1, -0.05) is 48.5 Å². The molecule has 3 rings (SSSR count). The van der Waals surface area contributed by atoms with Gasteiger partial charge >= 0.3 is 0 Å². The third kappa shape index (κ3) is 6.60. The second-order valence-corrected chi connectivity index (χ2v) is 6.64. The topological polar surface area (TPSA) is 79.8 Å². The molecule has 3 aromatic rings. The number of anilines is 1. The largest absolute Gasteiger partial charge is 0.457 e. The van der Waals surface area contributed by atoms with E-state index >= 15 is 0 Å². The Labute approximate surface area is 175 Å². The summed E-state index contributed by atoms with van der Waals surface area (Å²) >= 11 is 0. The summed E-state index contributed by atoms with van der Waals surface area (Å²) in [4.78, 5) is 23.9. The molecule has 0 aromatic heterocycles. The van der Waals surface area contributed by atoms with Crippen molar-refractivity contribution in [2.75, 3.05) is 5.32 Å². The van der Waals surface area contributed by atoms with Gasteiger partial charge in [-0.3, -0.25) is 9.59 Å². The first-order valence-electron chi connectivity index (χ1n) is 9.60. The van der Waals surface area contributed by atoms with E-state index in [0.717, 1.165) is 22.6 Å². The molecule has 0 radical (unpaired) electrons. The summed E-state index contributed by atoms with van der Waals surface area (Å²) in [5.41, 5.74) is 4.94. The maximum atomic E-state index is 12.0. The number of rotatable bonds is 8. The number of nitrogens with zero attached hydrogens (tertiary/aromatic N) is 1. The van der Waals surface area contributed by atoms with E-state index in [0.29, 0.717) is 5.75 Å². The van der Waals surface area contributed by atoms with Crippen LogP contribution in [0.4, 0.5) is 5.69 Å². The molecular weight excluding hydrogens is 378 g/mol. The summed E-state index contributed by atoms with van der Waals surface area (Å²) in [6.45, 7) is 1.91. The van der Waals surface area contributed by atoms with Crippen LogP contribution in [0.5, 0.6) is 11.5 Å². The molecule has 0 bridgehead atoms. The lowest BCUT2D eigenvalue weighted by Crippen LogP contribution is -2.20. The average molecular weight is 401 g/mol. The molecule has 0 aliphatic rings. The maximum absolute atomic E-state index is 12.0. The van der Waals surface area contributed by atoms with E-state index in [1.165, 1.54) is 6.21 Å². The van der Waals surface area contributed by atoms with Crippen LogP contribution in [0.3, 0.4) is 0 Å². The molecule has 6 nitrogen and oxygen atoms in total. The normalized spacial score (nSPS) is 10.6. The van der Waals surface area contributed by atoms with Gasteiger partial charge in [0, 0.05) is 18.5 Å². The molecule has 2 N–H and O–H groups in total. The highest BCUT2D eigenvalue weighted by molar-refractivity contribution is 5.94. The second-order valence-electron chi connectivity index (χ2n) is 6.64. The van der Waals surface area contributed by atoms with E-state index < -0.39 is 0 Å². The number of hydrazone groups is 1. The monoisotopic (exact) mass is 401 g/mol. The third-order valence-corrected chi connectivity index (χ3v) is 4.24. The van der Waals surface area contributed by atoms with Crippen molar-refractivity contribution in [1.82, 2.24) is 5.43 Å². The van der Waals surface area contributed by atoms with E-state index in [4.69, 9.17) is 4.74 Å². The number of carbonyl (C=O) groups is 2. The highest BCUT2D eigenvalue weighted by atomic mass is 16.5. The first-order valence-corrected chi connectivity index (χ1v) is 9.60. The fraction of sp³-hybridized carbons (Fsp3) is 0.125. The van der Waals surface area contributed by atoms with Gasteiger partial charge < -0.3 is 10.1 Å². The number of nitrogens with one attached hydrogen (secondary N) is 2. The van der Waals surface area contributed by atoms with Crippen molar-refractivity contribution in [3.05, 3.63) is 90.0 Å². The van der Waals surface area contributed by atoms with Gasteiger partial charge in [-0.05, 0) is 48.4 Å². The Morgan fingerprint density at radius 2 is 1.57 bits per heavy atom. The Balaban J connectivity index is 1.44. The molecule has 2 amide bonds. The minimum Gasteiger partial charge on any atom is -0.457 e. The SMILES string of the molecule is Cc1ccccc1NC(=O)CCC(=O)NN=Cc1cccc(Oc2ccccc2)c1. The number of carbonyl (C=O) groups excluding carboxylic acids is 2. The Kier molecular flexibility index (Phi) is 7.33. The van der Waals surface area contributed by atoms with Crippen molar-refractivity contribution in [2.24, 2.45) is 5.10 Å². The zero-order valence-electron chi connectivity index (χ0n) is 16.7. The van der Waals surface area contributed by atoms with Crippen LogP contribution >= 0.6 is 0 Å². The molecule has 0 saturated heterocycles.